The molecule has 1 aliphatic carbocycles. The maximum Gasteiger partial charge on any atom is 0.263 e. The quantitative estimate of drug-likeness (QED) is 0.361. The van der Waals surface area contributed by atoms with Crippen molar-refractivity contribution >= 4 is 34.1 Å². The molecule has 0 atom stereocenters. The molecule has 1 aliphatic heterocycles. The van der Waals surface area contributed by atoms with Gasteiger partial charge >= 0.3 is 0 Å². The predicted octanol–water partition coefficient (Wildman–Crippen LogP) is 3.61. The Balaban J connectivity index is 1.37. The van der Waals surface area contributed by atoms with E-state index >= 15 is 0 Å². The fraction of sp³-hybridized carbons (Fsp3) is 0.321. The Morgan fingerprint density at radius 2 is 1.97 bits per heavy atom. The molecule has 2 aliphatic rings. The smallest absolute Gasteiger partial charge is 0.263 e. The van der Waals surface area contributed by atoms with Crippen molar-refractivity contribution in [2.75, 3.05) is 36.4 Å². The predicted molar refractivity (Wildman–Crippen MR) is 144 cm³/mol. The van der Waals surface area contributed by atoms with Gasteiger partial charge in [-0.1, -0.05) is 0 Å². The third-order valence-corrected chi connectivity index (χ3v) is 7.15. The van der Waals surface area contributed by atoms with Gasteiger partial charge in [-0.15, -0.1) is 0 Å². The number of hydrogen-bond donors (Lipinski definition) is 2. The first-order valence-corrected chi connectivity index (χ1v) is 12.8. The second-order valence-corrected chi connectivity index (χ2v) is 9.86. The number of aromatic nitrogens is 4. The molecule has 10 heteroatoms. The highest BCUT2D eigenvalue weighted by Gasteiger charge is 2.26. The van der Waals surface area contributed by atoms with Crippen LogP contribution in [0.25, 0.3) is 11.0 Å². The van der Waals surface area contributed by atoms with E-state index in [-0.39, 0.29) is 29.7 Å². The number of pyridine rings is 2. The van der Waals surface area contributed by atoms with Gasteiger partial charge in [0.2, 0.25) is 5.95 Å². The number of ketones is 1. The zero-order chi connectivity index (χ0) is 26.2. The number of Topliss-reactive ketones (excluding diaryl/α,β-unsaturated/α-hetero) is 1. The molecule has 0 unspecified atom stereocenters. The maximum atomic E-state index is 15.0. The molecule has 2 N–H and O–H groups in total. The average Bonchev–Trinajstić information content (AvgIpc) is 3.76. The summed E-state index contributed by atoms with van der Waals surface area (Å²) in [4.78, 5) is 41.0. The van der Waals surface area contributed by atoms with Gasteiger partial charge in [-0.05, 0) is 67.1 Å². The Labute approximate surface area is 218 Å². The average molecular weight is 514 g/mol. The van der Waals surface area contributed by atoms with Gasteiger partial charge in [-0.2, -0.15) is 4.98 Å². The van der Waals surface area contributed by atoms with Crippen LogP contribution in [0.4, 0.5) is 21.7 Å². The summed E-state index contributed by atoms with van der Waals surface area (Å²) in [7, 11) is 0. The van der Waals surface area contributed by atoms with Crippen LogP contribution >= 0.6 is 0 Å². The number of hydrogen-bond acceptors (Lipinski definition) is 8. The SMILES string of the molecule is CC(=O)c1cc2cnc(Nc3ccc(N4CCNCC4)c(F)c3)nc2n(Cc2cnccc2C2CC2)c1=O. The molecule has 0 amide bonds. The molecule has 1 saturated heterocycles. The van der Waals surface area contributed by atoms with E-state index in [4.69, 9.17) is 0 Å². The van der Waals surface area contributed by atoms with Crippen LogP contribution in [0.3, 0.4) is 0 Å². The minimum absolute atomic E-state index is 0.0873. The maximum absolute atomic E-state index is 15.0. The fourth-order valence-corrected chi connectivity index (χ4v) is 5.03. The number of carbonyl (C=O) groups is 1. The van der Waals surface area contributed by atoms with Crippen LogP contribution in [0.15, 0.2) is 53.7 Å². The van der Waals surface area contributed by atoms with E-state index in [2.05, 4.69) is 25.6 Å². The van der Waals surface area contributed by atoms with Gasteiger partial charge in [-0.3, -0.25) is 19.1 Å². The molecule has 38 heavy (non-hydrogen) atoms. The summed E-state index contributed by atoms with van der Waals surface area (Å²) in [6.45, 7) is 4.74. The van der Waals surface area contributed by atoms with Crippen LogP contribution in [0.2, 0.25) is 0 Å². The highest BCUT2D eigenvalue weighted by Crippen LogP contribution is 2.41. The molecule has 1 aromatic carbocycles. The normalized spacial score (nSPS) is 15.6. The number of carbonyl (C=O) groups excluding carboxylic acids is 1. The second kappa shape index (κ2) is 9.94. The van der Waals surface area contributed by atoms with E-state index in [0.29, 0.717) is 28.3 Å². The molecule has 9 nitrogen and oxygen atoms in total. The third-order valence-electron chi connectivity index (χ3n) is 7.15. The number of nitrogens with one attached hydrogen (secondary N) is 2. The zero-order valence-electron chi connectivity index (χ0n) is 21.1. The molecule has 194 valence electrons. The molecule has 2 fully saturated rings. The van der Waals surface area contributed by atoms with Crippen LogP contribution in [0.1, 0.15) is 47.2 Å². The summed E-state index contributed by atoms with van der Waals surface area (Å²) in [5, 5.41) is 6.90. The largest absolute Gasteiger partial charge is 0.367 e. The third kappa shape index (κ3) is 4.74. The number of rotatable bonds is 7. The monoisotopic (exact) mass is 513 g/mol. The lowest BCUT2D eigenvalue weighted by Gasteiger charge is -2.29. The number of piperazine rings is 1. The second-order valence-electron chi connectivity index (χ2n) is 9.86. The van der Waals surface area contributed by atoms with Crippen molar-refractivity contribution in [3.05, 3.63) is 81.8 Å². The van der Waals surface area contributed by atoms with Crippen LogP contribution in [-0.2, 0) is 6.54 Å². The van der Waals surface area contributed by atoms with E-state index < -0.39 is 5.56 Å². The minimum Gasteiger partial charge on any atom is -0.367 e. The standard InChI is InChI=1S/C28H28FN7O2/c1-17(37)23-12-19-15-32-28(33-21-4-5-25(24(29)13-21)35-10-8-30-9-11-35)34-26(19)36(27(23)38)16-20-14-31-7-6-22(20)18-2-3-18/h4-7,12-15,18,30H,2-3,8-11,16H2,1H3,(H,32,33,34). The fourth-order valence-electron chi connectivity index (χ4n) is 5.03. The van der Waals surface area contributed by atoms with Crippen LogP contribution in [0, 0.1) is 5.82 Å². The topological polar surface area (TPSA) is 105 Å². The van der Waals surface area contributed by atoms with Gasteiger partial charge in [0.15, 0.2) is 5.78 Å². The summed E-state index contributed by atoms with van der Waals surface area (Å²) < 4.78 is 16.5. The summed E-state index contributed by atoms with van der Waals surface area (Å²) in [5.74, 6) is 0.0485. The minimum atomic E-state index is -0.410. The molecule has 0 radical (unpaired) electrons. The van der Waals surface area contributed by atoms with Gasteiger partial charge in [0.25, 0.3) is 5.56 Å². The molecular weight excluding hydrogens is 485 g/mol. The Bertz CT molecular complexity index is 1590. The van der Waals surface area contributed by atoms with Crippen molar-refractivity contribution in [1.29, 1.82) is 0 Å². The molecule has 4 aromatic rings. The molecule has 3 aromatic heterocycles. The van der Waals surface area contributed by atoms with Gasteiger partial charge in [0, 0.05) is 55.8 Å². The highest BCUT2D eigenvalue weighted by molar-refractivity contribution is 5.96. The molecule has 0 spiro atoms. The summed E-state index contributed by atoms with van der Waals surface area (Å²) in [6.07, 6.45) is 7.33. The summed E-state index contributed by atoms with van der Waals surface area (Å²) in [5.41, 5.74) is 3.22. The van der Waals surface area contributed by atoms with E-state index in [1.54, 1.807) is 30.7 Å². The first kappa shape index (κ1) is 24.2. The van der Waals surface area contributed by atoms with E-state index in [9.17, 15) is 14.0 Å². The molecular formula is C28H28FN7O2. The Kier molecular flexibility index (Phi) is 6.32. The lowest BCUT2D eigenvalue weighted by Crippen LogP contribution is -2.43. The van der Waals surface area contributed by atoms with Gasteiger partial charge < -0.3 is 15.5 Å². The Morgan fingerprint density at radius 1 is 1.16 bits per heavy atom. The van der Waals surface area contributed by atoms with E-state index in [0.717, 1.165) is 44.6 Å². The Morgan fingerprint density at radius 3 is 2.71 bits per heavy atom. The summed E-state index contributed by atoms with van der Waals surface area (Å²) >= 11 is 0. The van der Waals surface area contributed by atoms with Crippen molar-refractivity contribution in [3.8, 4) is 0 Å². The zero-order valence-corrected chi connectivity index (χ0v) is 21.1. The van der Waals surface area contributed by atoms with Crippen LogP contribution in [-0.4, -0.2) is 51.5 Å². The number of fused-ring (bicyclic) bond motifs is 1. The lowest BCUT2D eigenvalue weighted by atomic mass is 10.1. The first-order valence-electron chi connectivity index (χ1n) is 12.8. The van der Waals surface area contributed by atoms with Crippen molar-refractivity contribution in [1.82, 2.24) is 24.8 Å². The number of anilines is 3. The van der Waals surface area contributed by atoms with Crippen molar-refractivity contribution in [3.63, 3.8) is 0 Å². The number of halogens is 1. The van der Waals surface area contributed by atoms with E-state index in [1.807, 2.05) is 11.0 Å². The van der Waals surface area contributed by atoms with Gasteiger partial charge in [0.05, 0.1) is 17.8 Å². The van der Waals surface area contributed by atoms with Crippen LogP contribution < -0.4 is 21.1 Å². The highest BCUT2D eigenvalue weighted by atomic mass is 19.1. The number of nitrogens with zero attached hydrogens (tertiary/aromatic N) is 5. The summed E-state index contributed by atoms with van der Waals surface area (Å²) in [6, 6.07) is 8.50. The van der Waals surface area contributed by atoms with Crippen molar-refractivity contribution in [2.45, 2.75) is 32.2 Å². The lowest BCUT2D eigenvalue weighted by molar-refractivity contribution is 0.101. The molecule has 1 saturated carbocycles. The van der Waals surface area contributed by atoms with Crippen LogP contribution in [0.5, 0.6) is 0 Å². The molecule has 6 rings (SSSR count). The number of benzene rings is 1. The van der Waals surface area contributed by atoms with Gasteiger partial charge in [0.1, 0.15) is 11.5 Å². The first-order chi connectivity index (χ1) is 18.5. The Hall–Kier alpha value is -4.18. The van der Waals surface area contributed by atoms with Crippen molar-refractivity contribution < 1.29 is 9.18 Å². The van der Waals surface area contributed by atoms with Crippen molar-refractivity contribution in [2.24, 2.45) is 0 Å². The molecule has 0 bridgehead atoms. The van der Waals surface area contributed by atoms with Gasteiger partial charge in [-0.25, -0.2) is 9.37 Å². The van der Waals surface area contributed by atoms with E-state index in [1.165, 1.54) is 29.2 Å². The molecule has 4 heterocycles.